The van der Waals surface area contributed by atoms with Crippen LogP contribution in [-0.2, 0) is 4.79 Å². The third-order valence-electron chi connectivity index (χ3n) is 3.47. The zero-order valence-electron chi connectivity index (χ0n) is 9.85. The molecule has 2 amide bonds. The second-order valence-corrected chi connectivity index (χ2v) is 4.63. The molecule has 0 unspecified atom stereocenters. The van der Waals surface area contributed by atoms with Crippen molar-refractivity contribution in [2.24, 2.45) is 5.92 Å². The summed E-state index contributed by atoms with van der Waals surface area (Å²) >= 11 is 0. The van der Waals surface area contributed by atoms with Crippen LogP contribution in [0.5, 0.6) is 0 Å². The molecule has 1 aliphatic heterocycles. The minimum Gasteiger partial charge on any atom is -0.330 e. The summed E-state index contributed by atoms with van der Waals surface area (Å²) in [5, 5.41) is 5.59. The van der Waals surface area contributed by atoms with Gasteiger partial charge in [0.2, 0.25) is 0 Å². The van der Waals surface area contributed by atoms with Gasteiger partial charge in [-0.25, -0.2) is 4.79 Å². The van der Waals surface area contributed by atoms with Crippen LogP contribution in [0.15, 0.2) is 42.1 Å². The van der Waals surface area contributed by atoms with E-state index in [2.05, 4.69) is 10.6 Å². The first kappa shape index (κ1) is 11.0. The maximum absolute atomic E-state index is 12.1. The van der Waals surface area contributed by atoms with Crippen LogP contribution < -0.4 is 10.6 Å². The van der Waals surface area contributed by atoms with E-state index in [1.54, 1.807) is 0 Å². The first-order chi connectivity index (χ1) is 8.75. The van der Waals surface area contributed by atoms with Crippen molar-refractivity contribution >= 4 is 11.8 Å². The molecule has 3 rings (SSSR count). The SMILES string of the molecule is O=C1NC2=CCCC(=O)[C@H]2[C@H](c2ccccc2)N1. The van der Waals surface area contributed by atoms with Crippen molar-refractivity contribution in [3.63, 3.8) is 0 Å². The average Bonchev–Trinajstić information content (AvgIpc) is 2.39. The van der Waals surface area contributed by atoms with Crippen LogP contribution in [0.4, 0.5) is 4.79 Å². The fraction of sp³-hybridized carbons (Fsp3) is 0.286. The Morgan fingerprint density at radius 3 is 2.67 bits per heavy atom. The van der Waals surface area contributed by atoms with Gasteiger partial charge in [0.25, 0.3) is 0 Å². The molecule has 0 radical (unpaired) electrons. The van der Waals surface area contributed by atoms with Gasteiger partial charge >= 0.3 is 6.03 Å². The van der Waals surface area contributed by atoms with E-state index in [0.717, 1.165) is 11.3 Å². The predicted octanol–water partition coefficient (Wildman–Crippen LogP) is 1.90. The normalized spacial score (nSPS) is 26.8. The monoisotopic (exact) mass is 242 g/mol. The van der Waals surface area contributed by atoms with Crippen LogP contribution in [0.25, 0.3) is 0 Å². The second kappa shape index (κ2) is 4.29. The van der Waals surface area contributed by atoms with E-state index in [1.165, 1.54) is 0 Å². The molecular weight excluding hydrogens is 228 g/mol. The minimum atomic E-state index is -0.265. The van der Waals surface area contributed by atoms with Gasteiger partial charge in [0, 0.05) is 12.1 Å². The number of hydrogen-bond acceptors (Lipinski definition) is 2. The molecule has 18 heavy (non-hydrogen) atoms. The van der Waals surface area contributed by atoms with Gasteiger partial charge in [-0.15, -0.1) is 0 Å². The van der Waals surface area contributed by atoms with E-state index in [9.17, 15) is 9.59 Å². The number of Topliss-reactive ketones (excluding diaryl/α,β-unsaturated/α-hetero) is 1. The van der Waals surface area contributed by atoms with Crippen LogP contribution >= 0.6 is 0 Å². The van der Waals surface area contributed by atoms with Crippen LogP contribution in [0.2, 0.25) is 0 Å². The summed E-state index contributed by atoms with van der Waals surface area (Å²) in [5.41, 5.74) is 1.72. The Kier molecular flexibility index (Phi) is 2.63. The summed E-state index contributed by atoms with van der Waals surface area (Å²) in [7, 11) is 0. The van der Waals surface area contributed by atoms with Gasteiger partial charge in [-0.1, -0.05) is 36.4 Å². The lowest BCUT2D eigenvalue weighted by atomic mass is 9.81. The van der Waals surface area contributed by atoms with E-state index in [-0.39, 0.29) is 23.8 Å². The maximum atomic E-state index is 12.1. The lowest BCUT2D eigenvalue weighted by Crippen LogP contribution is -2.51. The van der Waals surface area contributed by atoms with Crippen LogP contribution in [-0.4, -0.2) is 11.8 Å². The number of urea groups is 1. The molecule has 1 aliphatic carbocycles. The molecule has 1 fully saturated rings. The third kappa shape index (κ3) is 1.79. The number of ketones is 1. The third-order valence-corrected chi connectivity index (χ3v) is 3.47. The van der Waals surface area contributed by atoms with Gasteiger partial charge in [0.1, 0.15) is 5.78 Å². The number of benzene rings is 1. The summed E-state index contributed by atoms with van der Waals surface area (Å²) < 4.78 is 0. The van der Waals surface area contributed by atoms with E-state index >= 15 is 0 Å². The van der Waals surface area contributed by atoms with Crippen molar-refractivity contribution in [1.29, 1.82) is 0 Å². The van der Waals surface area contributed by atoms with Crippen molar-refractivity contribution in [2.75, 3.05) is 0 Å². The number of rotatable bonds is 1. The fourth-order valence-corrected chi connectivity index (χ4v) is 2.65. The summed E-state index contributed by atoms with van der Waals surface area (Å²) in [6.45, 7) is 0. The lowest BCUT2D eigenvalue weighted by Gasteiger charge is -2.36. The van der Waals surface area contributed by atoms with E-state index < -0.39 is 0 Å². The van der Waals surface area contributed by atoms with Crippen molar-refractivity contribution in [2.45, 2.75) is 18.9 Å². The van der Waals surface area contributed by atoms with E-state index in [4.69, 9.17) is 0 Å². The molecule has 2 N–H and O–H groups in total. The van der Waals surface area contributed by atoms with Crippen LogP contribution in [0.3, 0.4) is 0 Å². The van der Waals surface area contributed by atoms with Crippen molar-refractivity contribution < 1.29 is 9.59 Å². The molecule has 1 aromatic carbocycles. The summed E-state index contributed by atoms with van der Waals surface area (Å²) in [5.74, 6) is -0.0762. The average molecular weight is 242 g/mol. The molecule has 4 heteroatoms. The second-order valence-electron chi connectivity index (χ2n) is 4.63. The molecular formula is C14H14N2O2. The standard InChI is InChI=1S/C14H14N2O2/c17-11-8-4-7-10-12(11)13(16-14(18)15-10)9-5-2-1-3-6-9/h1-3,5-7,12-13H,4,8H2,(H2,15,16,18)/t12-,13-/m0/s1. The van der Waals surface area contributed by atoms with Gasteiger partial charge < -0.3 is 10.6 Å². The Balaban J connectivity index is 2.01. The molecule has 1 aromatic rings. The lowest BCUT2D eigenvalue weighted by molar-refractivity contribution is -0.123. The van der Waals surface area contributed by atoms with Crippen LogP contribution in [0.1, 0.15) is 24.4 Å². The first-order valence-electron chi connectivity index (χ1n) is 6.11. The number of amides is 2. The number of carbonyl (C=O) groups excluding carboxylic acids is 2. The molecule has 92 valence electrons. The van der Waals surface area contributed by atoms with Crippen molar-refractivity contribution in [3.05, 3.63) is 47.7 Å². The molecule has 2 atom stereocenters. The molecule has 1 saturated heterocycles. The Morgan fingerprint density at radius 1 is 1.11 bits per heavy atom. The van der Waals surface area contributed by atoms with E-state index in [1.807, 2.05) is 36.4 Å². The topological polar surface area (TPSA) is 58.2 Å². The van der Waals surface area contributed by atoms with Gasteiger partial charge in [0.15, 0.2) is 0 Å². The number of hydrogen-bond donors (Lipinski definition) is 2. The highest BCUT2D eigenvalue weighted by Crippen LogP contribution is 2.34. The molecule has 2 aliphatic rings. The predicted molar refractivity (Wildman–Crippen MR) is 66.7 cm³/mol. The highest BCUT2D eigenvalue weighted by molar-refractivity contribution is 5.90. The largest absolute Gasteiger partial charge is 0.330 e. The van der Waals surface area contributed by atoms with E-state index in [0.29, 0.717) is 12.8 Å². The number of allylic oxidation sites excluding steroid dienone is 1. The molecule has 4 nitrogen and oxygen atoms in total. The molecule has 1 heterocycles. The Hall–Kier alpha value is -2.10. The van der Waals surface area contributed by atoms with Gasteiger partial charge in [-0.3, -0.25) is 4.79 Å². The molecule has 0 spiro atoms. The zero-order chi connectivity index (χ0) is 12.5. The minimum absolute atomic E-state index is 0.189. The van der Waals surface area contributed by atoms with Crippen LogP contribution in [0, 0.1) is 5.92 Å². The van der Waals surface area contributed by atoms with Gasteiger partial charge in [-0.05, 0) is 12.0 Å². The fourth-order valence-electron chi connectivity index (χ4n) is 2.65. The Morgan fingerprint density at radius 2 is 1.89 bits per heavy atom. The van der Waals surface area contributed by atoms with Crippen molar-refractivity contribution in [3.8, 4) is 0 Å². The molecule has 0 saturated carbocycles. The summed E-state index contributed by atoms with van der Waals surface area (Å²) in [4.78, 5) is 23.7. The highest BCUT2D eigenvalue weighted by atomic mass is 16.2. The number of nitrogens with one attached hydrogen (secondary N) is 2. The van der Waals surface area contributed by atoms with Gasteiger partial charge in [-0.2, -0.15) is 0 Å². The number of carbonyl (C=O) groups is 2. The number of fused-ring (bicyclic) bond motifs is 1. The Labute approximate surface area is 105 Å². The summed E-state index contributed by atoms with van der Waals surface area (Å²) in [6.07, 6.45) is 3.22. The maximum Gasteiger partial charge on any atom is 0.319 e. The van der Waals surface area contributed by atoms with Crippen molar-refractivity contribution in [1.82, 2.24) is 10.6 Å². The first-order valence-corrected chi connectivity index (χ1v) is 6.11. The summed E-state index contributed by atoms with van der Waals surface area (Å²) in [6, 6.07) is 9.15. The quantitative estimate of drug-likeness (QED) is 0.790. The highest BCUT2D eigenvalue weighted by Gasteiger charge is 2.39. The zero-order valence-corrected chi connectivity index (χ0v) is 9.85. The molecule has 0 aromatic heterocycles. The smallest absolute Gasteiger partial charge is 0.319 e. The van der Waals surface area contributed by atoms with Gasteiger partial charge in [0.05, 0.1) is 12.0 Å². The Bertz CT molecular complexity index is 522. The molecule has 0 bridgehead atoms.